The van der Waals surface area contributed by atoms with Crippen molar-refractivity contribution in [3.8, 4) is 11.5 Å². The molecule has 0 saturated carbocycles. The van der Waals surface area contributed by atoms with E-state index >= 15 is 0 Å². The SMILES string of the molecule is CC[C@H](Oc1cccc(OC)c1)C(=O)NCCCOC. The molecule has 112 valence electrons. The van der Waals surface area contributed by atoms with Crippen molar-refractivity contribution in [1.29, 1.82) is 0 Å². The van der Waals surface area contributed by atoms with Gasteiger partial charge in [0.05, 0.1) is 7.11 Å². The molecular weight excluding hydrogens is 258 g/mol. The number of ether oxygens (including phenoxy) is 3. The number of nitrogens with one attached hydrogen (secondary N) is 1. The summed E-state index contributed by atoms with van der Waals surface area (Å²) >= 11 is 0. The first-order valence-electron chi connectivity index (χ1n) is 6.78. The van der Waals surface area contributed by atoms with Crippen molar-refractivity contribution in [1.82, 2.24) is 5.32 Å². The van der Waals surface area contributed by atoms with Gasteiger partial charge in [0.25, 0.3) is 5.91 Å². The van der Waals surface area contributed by atoms with Gasteiger partial charge in [-0.3, -0.25) is 4.79 Å². The average Bonchev–Trinajstić information content (AvgIpc) is 2.49. The summed E-state index contributed by atoms with van der Waals surface area (Å²) < 4.78 is 15.8. The minimum atomic E-state index is -0.496. The van der Waals surface area contributed by atoms with Crippen LogP contribution in [0.5, 0.6) is 11.5 Å². The predicted octanol–water partition coefficient (Wildman–Crippen LogP) is 2.01. The van der Waals surface area contributed by atoms with E-state index in [1.807, 2.05) is 25.1 Å². The zero-order chi connectivity index (χ0) is 14.8. The maximum atomic E-state index is 12.0. The van der Waals surface area contributed by atoms with Crippen LogP contribution in [0.3, 0.4) is 0 Å². The molecule has 0 aliphatic rings. The summed E-state index contributed by atoms with van der Waals surface area (Å²) in [4.78, 5) is 12.0. The van der Waals surface area contributed by atoms with Crippen molar-refractivity contribution in [2.75, 3.05) is 27.4 Å². The molecule has 0 radical (unpaired) electrons. The van der Waals surface area contributed by atoms with Gasteiger partial charge in [0.2, 0.25) is 0 Å². The standard InChI is InChI=1S/C15H23NO4/c1-4-14(15(17)16-9-6-10-18-2)20-13-8-5-7-12(11-13)19-3/h5,7-8,11,14H,4,6,9-10H2,1-3H3,(H,16,17)/t14-/m0/s1. The second kappa shape index (κ2) is 9.20. The van der Waals surface area contributed by atoms with Gasteiger partial charge in [-0.1, -0.05) is 13.0 Å². The van der Waals surface area contributed by atoms with Gasteiger partial charge < -0.3 is 19.5 Å². The van der Waals surface area contributed by atoms with Crippen molar-refractivity contribution in [2.24, 2.45) is 0 Å². The average molecular weight is 281 g/mol. The summed E-state index contributed by atoms with van der Waals surface area (Å²) in [6.07, 6.45) is 0.898. The van der Waals surface area contributed by atoms with Crippen LogP contribution >= 0.6 is 0 Å². The third kappa shape index (κ3) is 5.48. The molecule has 1 amide bonds. The number of rotatable bonds is 9. The maximum absolute atomic E-state index is 12.0. The van der Waals surface area contributed by atoms with Gasteiger partial charge in [0.1, 0.15) is 11.5 Å². The highest BCUT2D eigenvalue weighted by Crippen LogP contribution is 2.20. The summed E-state index contributed by atoms with van der Waals surface area (Å²) in [6.45, 7) is 3.14. The van der Waals surface area contributed by atoms with Gasteiger partial charge in [0, 0.05) is 26.3 Å². The summed E-state index contributed by atoms with van der Waals surface area (Å²) in [5.74, 6) is 1.23. The lowest BCUT2D eigenvalue weighted by Crippen LogP contribution is -2.38. The fourth-order valence-corrected chi connectivity index (χ4v) is 1.70. The van der Waals surface area contributed by atoms with Gasteiger partial charge in [-0.05, 0) is 25.0 Å². The van der Waals surface area contributed by atoms with E-state index in [9.17, 15) is 4.79 Å². The number of hydrogen-bond acceptors (Lipinski definition) is 4. The molecule has 1 N–H and O–H groups in total. The Morgan fingerprint density at radius 3 is 2.70 bits per heavy atom. The van der Waals surface area contributed by atoms with Crippen LogP contribution in [0.4, 0.5) is 0 Å². The first kappa shape index (κ1) is 16.3. The smallest absolute Gasteiger partial charge is 0.261 e. The molecule has 1 atom stereocenters. The highest BCUT2D eigenvalue weighted by Gasteiger charge is 2.17. The van der Waals surface area contributed by atoms with E-state index in [1.165, 1.54) is 0 Å². The Labute approximate surface area is 120 Å². The van der Waals surface area contributed by atoms with Crippen LogP contribution in [0.2, 0.25) is 0 Å². The van der Waals surface area contributed by atoms with E-state index in [0.29, 0.717) is 31.1 Å². The van der Waals surface area contributed by atoms with E-state index < -0.39 is 6.10 Å². The Morgan fingerprint density at radius 1 is 1.30 bits per heavy atom. The lowest BCUT2D eigenvalue weighted by atomic mass is 10.2. The topological polar surface area (TPSA) is 56.8 Å². The summed E-state index contributed by atoms with van der Waals surface area (Å²) in [7, 11) is 3.24. The minimum Gasteiger partial charge on any atom is -0.497 e. The maximum Gasteiger partial charge on any atom is 0.261 e. The van der Waals surface area contributed by atoms with Crippen LogP contribution in [-0.4, -0.2) is 39.4 Å². The van der Waals surface area contributed by atoms with Crippen LogP contribution < -0.4 is 14.8 Å². The highest BCUT2D eigenvalue weighted by atomic mass is 16.5. The number of hydrogen-bond donors (Lipinski definition) is 1. The Bertz CT molecular complexity index is 409. The molecule has 20 heavy (non-hydrogen) atoms. The van der Waals surface area contributed by atoms with Crippen LogP contribution in [0.25, 0.3) is 0 Å². The van der Waals surface area contributed by atoms with E-state index in [-0.39, 0.29) is 5.91 Å². The first-order chi connectivity index (χ1) is 9.71. The normalized spacial score (nSPS) is 11.8. The zero-order valence-electron chi connectivity index (χ0n) is 12.3. The van der Waals surface area contributed by atoms with Gasteiger partial charge in [-0.2, -0.15) is 0 Å². The largest absolute Gasteiger partial charge is 0.497 e. The molecular formula is C15H23NO4. The Morgan fingerprint density at radius 2 is 2.05 bits per heavy atom. The minimum absolute atomic E-state index is 0.105. The molecule has 1 rings (SSSR count). The molecule has 5 nitrogen and oxygen atoms in total. The second-order valence-corrected chi connectivity index (χ2v) is 4.33. The fourth-order valence-electron chi connectivity index (χ4n) is 1.70. The predicted molar refractivity (Wildman–Crippen MR) is 77.2 cm³/mol. The number of amides is 1. The molecule has 0 heterocycles. The first-order valence-corrected chi connectivity index (χ1v) is 6.78. The molecule has 0 aliphatic heterocycles. The third-order valence-corrected chi connectivity index (χ3v) is 2.81. The van der Waals surface area contributed by atoms with Gasteiger partial charge in [-0.15, -0.1) is 0 Å². The van der Waals surface area contributed by atoms with Crippen LogP contribution in [0.1, 0.15) is 19.8 Å². The number of methoxy groups -OCH3 is 2. The number of carbonyl (C=O) groups excluding carboxylic acids is 1. The molecule has 5 heteroatoms. The number of carbonyl (C=O) groups is 1. The van der Waals surface area contributed by atoms with E-state index in [0.717, 1.165) is 6.42 Å². The van der Waals surface area contributed by atoms with Gasteiger partial charge >= 0.3 is 0 Å². The highest BCUT2D eigenvalue weighted by molar-refractivity contribution is 5.81. The van der Waals surface area contributed by atoms with Crippen molar-refractivity contribution in [3.63, 3.8) is 0 Å². The molecule has 0 unspecified atom stereocenters. The van der Waals surface area contributed by atoms with Crippen molar-refractivity contribution in [2.45, 2.75) is 25.9 Å². The summed E-state index contributed by atoms with van der Waals surface area (Å²) in [5, 5.41) is 2.84. The second-order valence-electron chi connectivity index (χ2n) is 4.33. The summed E-state index contributed by atoms with van der Waals surface area (Å²) in [6, 6.07) is 7.24. The summed E-state index contributed by atoms with van der Waals surface area (Å²) in [5.41, 5.74) is 0. The Hall–Kier alpha value is -1.75. The molecule has 1 aromatic carbocycles. The zero-order valence-corrected chi connectivity index (χ0v) is 12.3. The van der Waals surface area contributed by atoms with Crippen molar-refractivity contribution >= 4 is 5.91 Å². The molecule has 0 saturated heterocycles. The van der Waals surface area contributed by atoms with E-state index in [2.05, 4.69) is 5.32 Å². The van der Waals surface area contributed by atoms with E-state index in [4.69, 9.17) is 14.2 Å². The Kier molecular flexibility index (Phi) is 7.50. The van der Waals surface area contributed by atoms with Gasteiger partial charge in [0.15, 0.2) is 6.10 Å². The number of benzene rings is 1. The molecule has 0 fully saturated rings. The van der Waals surface area contributed by atoms with Crippen molar-refractivity contribution < 1.29 is 19.0 Å². The lowest BCUT2D eigenvalue weighted by molar-refractivity contribution is -0.128. The molecule has 1 aromatic rings. The van der Waals surface area contributed by atoms with Gasteiger partial charge in [-0.25, -0.2) is 0 Å². The third-order valence-electron chi connectivity index (χ3n) is 2.81. The molecule has 0 spiro atoms. The Balaban J connectivity index is 2.50. The molecule has 0 aromatic heterocycles. The van der Waals surface area contributed by atoms with Crippen molar-refractivity contribution in [3.05, 3.63) is 24.3 Å². The monoisotopic (exact) mass is 281 g/mol. The van der Waals surface area contributed by atoms with Crippen LogP contribution in [-0.2, 0) is 9.53 Å². The lowest BCUT2D eigenvalue weighted by Gasteiger charge is -2.17. The van der Waals surface area contributed by atoms with Crippen LogP contribution in [0, 0.1) is 0 Å². The molecule has 0 aliphatic carbocycles. The fraction of sp³-hybridized carbons (Fsp3) is 0.533. The quantitative estimate of drug-likeness (QED) is 0.703. The molecule has 0 bridgehead atoms. The van der Waals surface area contributed by atoms with E-state index in [1.54, 1.807) is 20.3 Å². The van der Waals surface area contributed by atoms with Crippen LogP contribution in [0.15, 0.2) is 24.3 Å².